The lowest BCUT2D eigenvalue weighted by Gasteiger charge is -2.24. The molecule has 2 amide bonds. The fourth-order valence-electron chi connectivity index (χ4n) is 2.16. The zero-order valence-electron chi connectivity index (χ0n) is 12.4. The van der Waals surface area contributed by atoms with E-state index in [9.17, 15) is 4.79 Å². The normalized spacial score (nSPS) is 14.9. The summed E-state index contributed by atoms with van der Waals surface area (Å²) in [4.78, 5) is 18.2. The van der Waals surface area contributed by atoms with Crippen LogP contribution >= 0.6 is 11.6 Å². The average molecular weight is 309 g/mol. The van der Waals surface area contributed by atoms with Crippen LogP contribution in [0, 0.1) is 0 Å². The largest absolute Gasteiger partial charge is 0.370 e. The molecule has 21 heavy (non-hydrogen) atoms. The van der Waals surface area contributed by atoms with Gasteiger partial charge in [-0.1, -0.05) is 30.7 Å². The molecule has 6 heteroatoms. The number of anilines is 1. The van der Waals surface area contributed by atoms with Crippen LogP contribution in [0.5, 0.6) is 0 Å². The first-order valence-corrected chi connectivity index (χ1v) is 7.63. The van der Waals surface area contributed by atoms with Gasteiger partial charge in [0.1, 0.15) is 0 Å². The predicted molar refractivity (Wildman–Crippen MR) is 87.0 cm³/mol. The molecule has 0 heterocycles. The van der Waals surface area contributed by atoms with Gasteiger partial charge in [0.15, 0.2) is 5.96 Å². The second-order valence-electron chi connectivity index (χ2n) is 5.02. The highest BCUT2D eigenvalue weighted by atomic mass is 35.5. The SMILES string of the molecule is CCc1cccc(Cl)c1N(CC)C(=O)NC(N)=NC1CC1. The van der Waals surface area contributed by atoms with Gasteiger partial charge in [-0.15, -0.1) is 0 Å². The van der Waals surface area contributed by atoms with Gasteiger partial charge in [0, 0.05) is 6.54 Å². The van der Waals surface area contributed by atoms with E-state index in [2.05, 4.69) is 10.3 Å². The Kier molecular flexibility index (Phi) is 5.07. The minimum Gasteiger partial charge on any atom is -0.370 e. The van der Waals surface area contributed by atoms with Crippen LogP contribution in [0.1, 0.15) is 32.3 Å². The number of nitrogens with one attached hydrogen (secondary N) is 1. The second kappa shape index (κ2) is 6.80. The lowest BCUT2D eigenvalue weighted by atomic mass is 10.1. The van der Waals surface area contributed by atoms with Gasteiger partial charge in [0.05, 0.1) is 16.8 Å². The van der Waals surface area contributed by atoms with Crippen molar-refractivity contribution in [1.82, 2.24) is 5.32 Å². The van der Waals surface area contributed by atoms with E-state index in [1.807, 2.05) is 26.0 Å². The Hall–Kier alpha value is -1.75. The first-order chi connectivity index (χ1) is 10.1. The second-order valence-corrected chi connectivity index (χ2v) is 5.43. The van der Waals surface area contributed by atoms with Gasteiger partial charge in [0.25, 0.3) is 0 Å². The molecule has 0 saturated heterocycles. The topological polar surface area (TPSA) is 70.7 Å². The molecule has 0 atom stereocenters. The smallest absolute Gasteiger partial charge is 0.328 e. The summed E-state index contributed by atoms with van der Waals surface area (Å²) < 4.78 is 0. The van der Waals surface area contributed by atoms with Crippen molar-refractivity contribution >= 4 is 29.3 Å². The third-order valence-corrected chi connectivity index (χ3v) is 3.69. The number of amides is 2. The molecule has 2 rings (SSSR count). The van der Waals surface area contributed by atoms with E-state index >= 15 is 0 Å². The number of guanidine groups is 1. The molecule has 3 N–H and O–H groups in total. The van der Waals surface area contributed by atoms with Crippen molar-refractivity contribution < 1.29 is 4.79 Å². The van der Waals surface area contributed by atoms with Crippen LogP contribution in [0.4, 0.5) is 10.5 Å². The lowest BCUT2D eigenvalue weighted by molar-refractivity contribution is 0.250. The number of carbonyl (C=O) groups excluding carboxylic acids is 1. The quantitative estimate of drug-likeness (QED) is 0.663. The molecular formula is C15H21ClN4O. The van der Waals surface area contributed by atoms with Gasteiger partial charge in [-0.2, -0.15) is 0 Å². The number of benzene rings is 1. The molecular weight excluding hydrogens is 288 g/mol. The number of hydrogen-bond donors (Lipinski definition) is 2. The summed E-state index contributed by atoms with van der Waals surface area (Å²) in [6, 6.07) is 5.61. The van der Waals surface area contributed by atoms with Gasteiger partial charge in [-0.05, 0) is 37.8 Å². The molecule has 0 unspecified atom stereocenters. The number of nitrogens with two attached hydrogens (primary N) is 1. The average Bonchev–Trinajstić information content (AvgIpc) is 3.24. The number of carbonyl (C=O) groups is 1. The maximum atomic E-state index is 12.4. The fraction of sp³-hybridized carbons (Fsp3) is 0.467. The van der Waals surface area contributed by atoms with E-state index in [0.717, 1.165) is 30.5 Å². The number of urea groups is 1. The zero-order chi connectivity index (χ0) is 15.4. The van der Waals surface area contributed by atoms with E-state index in [0.29, 0.717) is 11.6 Å². The molecule has 0 radical (unpaired) electrons. The summed E-state index contributed by atoms with van der Waals surface area (Å²) in [5, 5.41) is 3.19. The van der Waals surface area contributed by atoms with Crippen LogP contribution in [-0.2, 0) is 6.42 Å². The van der Waals surface area contributed by atoms with Crippen LogP contribution < -0.4 is 16.0 Å². The Bertz CT molecular complexity index is 555. The molecule has 1 aromatic carbocycles. The van der Waals surface area contributed by atoms with E-state index in [4.69, 9.17) is 17.3 Å². The number of hydrogen-bond acceptors (Lipinski definition) is 2. The molecule has 0 bridgehead atoms. The maximum absolute atomic E-state index is 12.4. The van der Waals surface area contributed by atoms with Crippen molar-refractivity contribution in [3.8, 4) is 0 Å². The first-order valence-electron chi connectivity index (χ1n) is 7.26. The first kappa shape index (κ1) is 15.6. The number of nitrogens with zero attached hydrogens (tertiary/aromatic N) is 2. The lowest BCUT2D eigenvalue weighted by Crippen LogP contribution is -2.46. The molecule has 1 aliphatic carbocycles. The third kappa shape index (κ3) is 3.88. The highest BCUT2D eigenvalue weighted by Gasteiger charge is 2.23. The van der Waals surface area contributed by atoms with Crippen LogP contribution in [0.25, 0.3) is 0 Å². The van der Waals surface area contributed by atoms with Crippen molar-refractivity contribution in [2.24, 2.45) is 10.7 Å². The standard InChI is InChI=1S/C15H21ClN4O/c1-3-10-6-5-7-12(16)13(10)20(4-2)15(21)19-14(17)18-11-8-9-11/h5-7,11H,3-4,8-9H2,1-2H3,(H3,17,18,19,21). The van der Waals surface area contributed by atoms with Gasteiger partial charge in [0.2, 0.25) is 0 Å². The molecule has 114 valence electrons. The van der Waals surface area contributed by atoms with Crippen molar-refractivity contribution in [2.75, 3.05) is 11.4 Å². The summed E-state index contributed by atoms with van der Waals surface area (Å²) >= 11 is 6.27. The molecule has 0 aromatic heterocycles. The summed E-state index contributed by atoms with van der Waals surface area (Å²) in [5.41, 5.74) is 7.52. The van der Waals surface area contributed by atoms with Gasteiger partial charge < -0.3 is 5.73 Å². The zero-order valence-corrected chi connectivity index (χ0v) is 13.2. The van der Waals surface area contributed by atoms with E-state index in [1.165, 1.54) is 0 Å². The van der Waals surface area contributed by atoms with Crippen molar-refractivity contribution in [3.63, 3.8) is 0 Å². The molecule has 0 aliphatic heterocycles. The summed E-state index contributed by atoms with van der Waals surface area (Å²) in [5.74, 6) is 0.172. The Labute approximate surface area is 130 Å². The number of halogens is 1. The van der Waals surface area contributed by atoms with Crippen molar-refractivity contribution in [3.05, 3.63) is 28.8 Å². The Balaban J connectivity index is 2.20. The van der Waals surface area contributed by atoms with E-state index in [-0.39, 0.29) is 18.0 Å². The highest BCUT2D eigenvalue weighted by molar-refractivity contribution is 6.34. The molecule has 1 aromatic rings. The van der Waals surface area contributed by atoms with Crippen LogP contribution in [-0.4, -0.2) is 24.6 Å². The molecule has 1 fully saturated rings. The van der Waals surface area contributed by atoms with E-state index < -0.39 is 0 Å². The summed E-state index contributed by atoms with van der Waals surface area (Å²) in [7, 11) is 0. The number of rotatable bonds is 4. The monoisotopic (exact) mass is 308 g/mol. The Morgan fingerprint density at radius 3 is 2.76 bits per heavy atom. The molecule has 5 nitrogen and oxygen atoms in total. The molecule has 0 spiro atoms. The minimum atomic E-state index is -0.304. The predicted octanol–water partition coefficient (Wildman–Crippen LogP) is 2.92. The van der Waals surface area contributed by atoms with Crippen LogP contribution in [0.3, 0.4) is 0 Å². The molecule has 1 saturated carbocycles. The van der Waals surface area contributed by atoms with Gasteiger partial charge in [-0.3, -0.25) is 10.2 Å². The van der Waals surface area contributed by atoms with E-state index in [1.54, 1.807) is 11.0 Å². The van der Waals surface area contributed by atoms with Gasteiger partial charge in [-0.25, -0.2) is 9.79 Å². The summed E-state index contributed by atoms with van der Waals surface area (Å²) in [6.45, 7) is 4.43. The number of aryl methyl sites for hydroxylation is 1. The van der Waals surface area contributed by atoms with Crippen LogP contribution in [0.15, 0.2) is 23.2 Å². The van der Waals surface area contributed by atoms with Crippen LogP contribution in [0.2, 0.25) is 5.02 Å². The van der Waals surface area contributed by atoms with Gasteiger partial charge >= 0.3 is 6.03 Å². The molecule has 1 aliphatic rings. The van der Waals surface area contributed by atoms with Crippen molar-refractivity contribution in [1.29, 1.82) is 0 Å². The third-order valence-electron chi connectivity index (χ3n) is 3.39. The summed E-state index contributed by atoms with van der Waals surface area (Å²) in [6.07, 6.45) is 2.88. The van der Waals surface area contributed by atoms with Crippen molar-refractivity contribution in [2.45, 2.75) is 39.2 Å². The maximum Gasteiger partial charge on any atom is 0.328 e. The Morgan fingerprint density at radius 1 is 1.48 bits per heavy atom. The number of para-hydroxylation sites is 1. The number of aliphatic imine (C=N–C) groups is 1. The highest BCUT2D eigenvalue weighted by Crippen LogP contribution is 2.30. The fourth-order valence-corrected chi connectivity index (χ4v) is 2.46. The Morgan fingerprint density at radius 2 is 2.19 bits per heavy atom. The minimum absolute atomic E-state index is 0.172.